The number of para-hydroxylation sites is 1. The number of fused-ring (bicyclic) bond motifs is 1. The lowest BCUT2D eigenvalue weighted by Crippen LogP contribution is -2.29. The van der Waals surface area contributed by atoms with Crippen LogP contribution in [0.25, 0.3) is 10.9 Å². The lowest BCUT2D eigenvalue weighted by Gasteiger charge is -2.17. The summed E-state index contributed by atoms with van der Waals surface area (Å²) < 4.78 is 6.48. The van der Waals surface area contributed by atoms with Crippen molar-refractivity contribution in [3.8, 4) is 5.75 Å². The minimum Gasteiger partial charge on any atom is -0.496 e. The molecule has 1 unspecified atom stereocenters. The van der Waals surface area contributed by atoms with E-state index in [1.165, 1.54) is 17.7 Å². The zero-order chi connectivity index (χ0) is 14.0. The molecule has 0 saturated heterocycles. The minimum atomic E-state index is -1.01. The maximum absolute atomic E-state index is 12.1. The van der Waals surface area contributed by atoms with E-state index in [2.05, 4.69) is 0 Å². The first-order valence-corrected chi connectivity index (χ1v) is 6.01. The smallest absolute Gasteiger partial charge is 0.326 e. The number of carboxylic acid groups (broad SMARTS) is 1. The molecule has 0 radical (unpaired) electrons. The Hall–Kier alpha value is -2.30. The predicted octanol–water partition coefficient (Wildman–Crippen LogP) is 2.05. The van der Waals surface area contributed by atoms with Gasteiger partial charge in [-0.15, -0.1) is 0 Å². The van der Waals surface area contributed by atoms with Crippen LogP contribution in [0.5, 0.6) is 5.75 Å². The van der Waals surface area contributed by atoms with Crippen molar-refractivity contribution in [2.75, 3.05) is 7.11 Å². The standard InChI is InChI=1S/C14H15NO4/c1-3-10(14(17)18)15-11-7-5-4-6-9(11)12(19-2)8-13(15)16/h4-8,10H,3H2,1-2H3,(H,17,18). The van der Waals surface area contributed by atoms with Crippen LogP contribution in [0.2, 0.25) is 0 Å². The highest BCUT2D eigenvalue weighted by Crippen LogP contribution is 2.25. The molecule has 100 valence electrons. The highest BCUT2D eigenvalue weighted by Gasteiger charge is 2.21. The Bertz CT molecular complexity index is 675. The molecular weight excluding hydrogens is 246 g/mol. The van der Waals surface area contributed by atoms with E-state index in [1.54, 1.807) is 25.1 Å². The van der Waals surface area contributed by atoms with Gasteiger partial charge in [-0.25, -0.2) is 4.79 Å². The summed E-state index contributed by atoms with van der Waals surface area (Å²) in [6.07, 6.45) is 0.339. The Morgan fingerprint density at radius 3 is 2.68 bits per heavy atom. The maximum atomic E-state index is 12.1. The van der Waals surface area contributed by atoms with E-state index >= 15 is 0 Å². The third-order valence-electron chi connectivity index (χ3n) is 3.12. The van der Waals surface area contributed by atoms with Gasteiger partial charge in [0.2, 0.25) is 0 Å². The van der Waals surface area contributed by atoms with Gasteiger partial charge in [0.05, 0.1) is 12.6 Å². The van der Waals surface area contributed by atoms with Crippen LogP contribution < -0.4 is 10.3 Å². The van der Waals surface area contributed by atoms with Gasteiger partial charge in [0.1, 0.15) is 11.8 Å². The van der Waals surface area contributed by atoms with Crippen LogP contribution in [0.4, 0.5) is 0 Å². The van der Waals surface area contributed by atoms with Gasteiger partial charge in [-0.1, -0.05) is 19.1 Å². The second kappa shape index (κ2) is 5.14. The largest absolute Gasteiger partial charge is 0.496 e. The Balaban J connectivity index is 2.85. The second-order valence-corrected chi connectivity index (χ2v) is 4.20. The lowest BCUT2D eigenvalue weighted by atomic mass is 10.1. The number of pyridine rings is 1. The molecule has 0 aliphatic rings. The normalized spacial score (nSPS) is 12.3. The van der Waals surface area contributed by atoms with Gasteiger partial charge in [-0.2, -0.15) is 0 Å². The van der Waals surface area contributed by atoms with E-state index < -0.39 is 12.0 Å². The van der Waals surface area contributed by atoms with Crippen LogP contribution in [0, 0.1) is 0 Å². The fourth-order valence-corrected chi connectivity index (χ4v) is 2.23. The van der Waals surface area contributed by atoms with Crippen molar-refractivity contribution < 1.29 is 14.6 Å². The minimum absolute atomic E-state index is 0.339. The average molecular weight is 261 g/mol. The van der Waals surface area contributed by atoms with E-state index in [-0.39, 0.29) is 5.56 Å². The van der Waals surface area contributed by atoms with Gasteiger partial charge in [0.25, 0.3) is 5.56 Å². The summed E-state index contributed by atoms with van der Waals surface area (Å²) in [5.74, 6) is -0.558. The van der Waals surface area contributed by atoms with E-state index in [1.807, 2.05) is 6.07 Å². The molecule has 0 bridgehead atoms. The van der Waals surface area contributed by atoms with Crippen LogP contribution in [-0.2, 0) is 4.79 Å². The van der Waals surface area contributed by atoms with Gasteiger partial charge in [-0.3, -0.25) is 9.36 Å². The molecule has 0 aliphatic carbocycles. The van der Waals surface area contributed by atoms with Gasteiger partial charge in [0.15, 0.2) is 0 Å². The van der Waals surface area contributed by atoms with Crippen LogP contribution in [0.1, 0.15) is 19.4 Å². The van der Waals surface area contributed by atoms with Crippen molar-refractivity contribution >= 4 is 16.9 Å². The zero-order valence-corrected chi connectivity index (χ0v) is 10.8. The van der Waals surface area contributed by atoms with Crippen LogP contribution in [0.3, 0.4) is 0 Å². The van der Waals surface area contributed by atoms with Crippen molar-refractivity contribution in [3.63, 3.8) is 0 Å². The van der Waals surface area contributed by atoms with Crippen molar-refractivity contribution in [2.24, 2.45) is 0 Å². The number of aromatic nitrogens is 1. The number of benzene rings is 1. The molecule has 1 aromatic carbocycles. The fraction of sp³-hybridized carbons (Fsp3) is 0.286. The topological polar surface area (TPSA) is 68.5 Å². The van der Waals surface area contributed by atoms with E-state index in [0.717, 1.165) is 5.39 Å². The molecule has 2 rings (SSSR count). The molecule has 19 heavy (non-hydrogen) atoms. The monoisotopic (exact) mass is 261 g/mol. The summed E-state index contributed by atoms with van der Waals surface area (Å²) in [5.41, 5.74) is 0.200. The average Bonchev–Trinajstić information content (AvgIpc) is 2.41. The number of aliphatic carboxylic acids is 1. The number of ether oxygens (including phenoxy) is 1. The van der Waals surface area contributed by atoms with Crippen molar-refractivity contribution in [1.29, 1.82) is 0 Å². The molecule has 2 aromatic rings. The third kappa shape index (κ3) is 2.19. The number of nitrogens with zero attached hydrogens (tertiary/aromatic N) is 1. The molecule has 1 atom stereocenters. The molecule has 1 aromatic heterocycles. The number of hydrogen-bond donors (Lipinski definition) is 1. The first-order valence-electron chi connectivity index (χ1n) is 6.01. The first kappa shape index (κ1) is 13.1. The second-order valence-electron chi connectivity index (χ2n) is 4.20. The molecule has 0 aliphatic heterocycles. The molecule has 0 fully saturated rings. The van der Waals surface area contributed by atoms with Gasteiger partial charge in [-0.05, 0) is 18.6 Å². The van der Waals surface area contributed by atoms with Gasteiger partial charge in [0, 0.05) is 11.5 Å². The van der Waals surface area contributed by atoms with Gasteiger partial charge >= 0.3 is 5.97 Å². The fourth-order valence-electron chi connectivity index (χ4n) is 2.23. The summed E-state index contributed by atoms with van der Waals surface area (Å²) in [4.78, 5) is 23.4. The Kier molecular flexibility index (Phi) is 3.55. The summed E-state index contributed by atoms with van der Waals surface area (Å²) in [7, 11) is 1.49. The zero-order valence-electron chi connectivity index (χ0n) is 10.8. The highest BCUT2D eigenvalue weighted by molar-refractivity contribution is 5.87. The molecule has 5 heteroatoms. The number of carboxylic acids is 1. The molecule has 0 spiro atoms. The number of carbonyl (C=O) groups is 1. The maximum Gasteiger partial charge on any atom is 0.326 e. The molecular formula is C14H15NO4. The third-order valence-corrected chi connectivity index (χ3v) is 3.12. The highest BCUT2D eigenvalue weighted by atomic mass is 16.5. The molecule has 1 N–H and O–H groups in total. The Morgan fingerprint density at radius 1 is 1.42 bits per heavy atom. The summed E-state index contributed by atoms with van der Waals surface area (Å²) in [6, 6.07) is 7.58. The lowest BCUT2D eigenvalue weighted by molar-refractivity contribution is -0.140. The van der Waals surface area contributed by atoms with E-state index in [4.69, 9.17) is 4.74 Å². The van der Waals surface area contributed by atoms with E-state index in [0.29, 0.717) is 17.7 Å². The van der Waals surface area contributed by atoms with Crippen LogP contribution >= 0.6 is 0 Å². The molecule has 1 heterocycles. The summed E-state index contributed by atoms with van der Waals surface area (Å²) in [6.45, 7) is 1.74. The Morgan fingerprint density at radius 2 is 2.11 bits per heavy atom. The molecule has 0 amide bonds. The van der Waals surface area contributed by atoms with Gasteiger partial charge < -0.3 is 9.84 Å². The van der Waals surface area contributed by atoms with Crippen molar-refractivity contribution in [3.05, 3.63) is 40.7 Å². The number of hydrogen-bond acceptors (Lipinski definition) is 3. The predicted molar refractivity (Wildman–Crippen MR) is 71.7 cm³/mol. The first-order chi connectivity index (χ1) is 9.10. The van der Waals surface area contributed by atoms with E-state index in [9.17, 15) is 14.7 Å². The van der Waals surface area contributed by atoms with Crippen molar-refractivity contribution in [2.45, 2.75) is 19.4 Å². The number of rotatable bonds is 4. The van der Waals surface area contributed by atoms with Crippen LogP contribution in [-0.4, -0.2) is 22.8 Å². The summed E-state index contributed by atoms with van der Waals surface area (Å²) >= 11 is 0. The van der Waals surface area contributed by atoms with Crippen molar-refractivity contribution in [1.82, 2.24) is 4.57 Å². The molecule has 5 nitrogen and oxygen atoms in total. The van der Waals surface area contributed by atoms with Crippen LogP contribution in [0.15, 0.2) is 35.1 Å². The molecule has 0 saturated carbocycles. The summed E-state index contributed by atoms with van der Waals surface area (Å²) in [5, 5.41) is 9.97. The number of methoxy groups -OCH3 is 1. The Labute approximate surface area is 110 Å². The quantitative estimate of drug-likeness (QED) is 0.914. The SMILES string of the molecule is CCC(C(=O)O)n1c(=O)cc(OC)c2ccccc21.